The van der Waals surface area contributed by atoms with Gasteiger partial charge in [-0.2, -0.15) is 0 Å². The van der Waals surface area contributed by atoms with Gasteiger partial charge in [0.25, 0.3) is 0 Å². The molecule has 0 aliphatic carbocycles. The number of rotatable bonds is 4. The van der Waals surface area contributed by atoms with Gasteiger partial charge in [-0.25, -0.2) is 4.79 Å². The van der Waals surface area contributed by atoms with Crippen LogP contribution in [-0.2, 0) is 0 Å². The van der Waals surface area contributed by atoms with Gasteiger partial charge in [0, 0.05) is 22.7 Å². The maximum atomic E-state index is 11.4. The summed E-state index contributed by atoms with van der Waals surface area (Å²) in [6.45, 7) is 5.67. The van der Waals surface area contributed by atoms with Crippen molar-refractivity contribution >= 4 is 28.5 Å². The van der Waals surface area contributed by atoms with Crippen molar-refractivity contribution in [3.05, 3.63) is 58.7 Å². The molecule has 0 saturated carbocycles. The van der Waals surface area contributed by atoms with Crippen molar-refractivity contribution in [2.24, 2.45) is 0 Å². The minimum atomic E-state index is -0.941. The van der Waals surface area contributed by atoms with Gasteiger partial charge >= 0.3 is 5.97 Å². The third-order valence-corrected chi connectivity index (χ3v) is 6.04. The molecule has 5 heteroatoms. The highest BCUT2D eigenvalue weighted by atomic mass is 35.5. The van der Waals surface area contributed by atoms with Crippen molar-refractivity contribution in [1.82, 2.24) is 9.88 Å². The summed E-state index contributed by atoms with van der Waals surface area (Å²) in [7, 11) is 0. The number of carbonyl (C=O) groups is 1. The Bertz CT molecular complexity index is 970. The predicted molar refractivity (Wildman–Crippen MR) is 110 cm³/mol. The highest BCUT2D eigenvalue weighted by Gasteiger charge is 2.20. The van der Waals surface area contributed by atoms with E-state index >= 15 is 0 Å². The van der Waals surface area contributed by atoms with E-state index < -0.39 is 5.97 Å². The van der Waals surface area contributed by atoms with Crippen LogP contribution in [0, 0.1) is 0 Å². The van der Waals surface area contributed by atoms with E-state index in [1.807, 2.05) is 6.07 Å². The molecule has 0 bridgehead atoms. The number of nitrogens with one attached hydrogen (secondary N) is 1. The van der Waals surface area contributed by atoms with E-state index in [-0.39, 0.29) is 5.56 Å². The number of H-pyrrole nitrogens is 1. The Labute approximate surface area is 163 Å². The second-order valence-corrected chi connectivity index (χ2v) is 7.62. The Morgan fingerprint density at radius 2 is 1.93 bits per heavy atom. The molecule has 0 radical (unpaired) electrons. The summed E-state index contributed by atoms with van der Waals surface area (Å²) in [5.74, 6) is -0.327. The number of halogens is 1. The number of fused-ring (bicyclic) bond motifs is 1. The van der Waals surface area contributed by atoms with Crippen LogP contribution in [0.25, 0.3) is 22.0 Å². The number of aromatic carboxylic acids is 1. The lowest BCUT2D eigenvalue weighted by molar-refractivity contribution is 0.0699. The molecule has 1 fully saturated rings. The van der Waals surface area contributed by atoms with Crippen LogP contribution in [0.4, 0.5) is 0 Å². The standard InChI is InChI=1S/C22H23ClN2O2/c1-2-25-9-7-15(8-10-25)14-3-5-16(6-4-14)17-11-18-19(22(26)27)13-24-21(18)12-20(17)23/h3-6,11-13,15,24H,2,7-10H2,1H3,(H,26,27). The molecule has 0 spiro atoms. The van der Waals surface area contributed by atoms with Gasteiger partial charge in [0.1, 0.15) is 0 Å². The van der Waals surface area contributed by atoms with E-state index in [9.17, 15) is 9.90 Å². The van der Waals surface area contributed by atoms with Crippen LogP contribution >= 0.6 is 11.6 Å². The molecule has 4 rings (SSSR count). The first-order valence-electron chi connectivity index (χ1n) is 9.43. The van der Waals surface area contributed by atoms with E-state index in [0.717, 1.165) is 36.3 Å². The minimum absolute atomic E-state index is 0.266. The Balaban J connectivity index is 1.63. The number of likely N-dealkylation sites (tertiary alicyclic amines) is 1. The monoisotopic (exact) mass is 382 g/mol. The van der Waals surface area contributed by atoms with Gasteiger partial charge in [-0.05, 0) is 61.7 Å². The molecule has 140 valence electrons. The lowest BCUT2D eigenvalue weighted by Gasteiger charge is -2.31. The molecule has 2 aromatic carbocycles. The van der Waals surface area contributed by atoms with Crippen LogP contribution in [0.15, 0.2) is 42.6 Å². The number of benzene rings is 2. The molecular formula is C22H23ClN2O2. The number of piperidine rings is 1. The van der Waals surface area contributed by atoms with Gasteiger partial charge in [-0.1, -0.05) is 42.8 Å². The van der Waals surface area contributed by atoms with Crippen molar-refractivity contribution in [3.63, 3.8) is 0 Å². The number of hydrogen-bond acceptors (Lipinski definition) is 2. The lowest BCUT2D eigenvalue weighted by atomic mass is 9.88. The van der Waals surface area contributed by atoms with Gasteiger partial charge < -0.3 is 15.0 Å². The smallest absolute Gasteiger partial charge is 0.337 e. The third kappa shape index (κ3) is 3.47. The predicted octanol–water partition coefficient (Wildman–Crippen LogP) is 5.39. The van der Waals surface area contributed by atoms with E-state index in [4.69, 9.17) is 11.6 Å². The Kier molecular flexibility index (Phi) is 4.94. The molecule has 3 aromatic rings. The van der Waals surface area contributed by atoms with Gasteiger partial charge in [0.05, 0.1) is 10.6 Å². The zero-order valence-corrected chi connectivity index (χ0v) is 16.1. The van der Waals surface area contributed by atoms with Crippen LogP contribution in [-0.4, -0.2) is 40.6 Å². The highest BCUT2D eigenvalue weighted by Crippen LogP contribution is 2.35. The topological polar surface area (TPSA) is 56.3 Å². The second kappa shape index (κ2) is 7.37. The van der Waals surface area contributed by atoms with Gasteiger partial charge in [-0.15, -0.1) is 0 Å². The normalized spacial score (nSPS) is 16.1. The zero-order chi connectivity index (χ0) is 19.0. The van der Waals surface area contributed by atoms with Crippen molar-refractivity contribution in [3.8, 4) is 11.1 Å². The molecule has 0 unspecified atom stereocenters. The number of carboxylic acid groups (broad SMARTS) is 1. The summed E-state index contributed by atoms with van der Waals surface area (Å²) >= 11 is 6.47. The molecule has 1 aliphatic rings. The van der Waals surface area contributed by atoms with Gasteiger partial charge in [0.2, 0.25) is 0 Å². The van der Waals surface area contributed by atoms with Crippen molar-refractivity contribution in [2.45, 2.75) is 25.7 Å². The Morgan fingerprint density at radius 3 is 2.56 bits per heavy atom. The largest absolute Gasteiger partial charge is 0.478 e. The summed E-state index contributed by atoms with van der Waals surface area (Å²) in [6.07, 6.45) is 3.91. The van der Waals surface area contributed by atoms with Gasteiger partial charge in [-0.3, -0.25) is 0 Å². The van der Waals surface area contributed by atoms with E-state index in [0.29, 0.717) is 16.3 Å². The average molecular weight is 383 g/mol. The number of nitrogens with zero attached hydrogens (tertiary/aromatic N) is 1. The summed E-state index contributed by atoms with van der Waals surface area (Å²) in [4.78, 5) is 16.9. The summed E-state index contributed by atoms with van der Waals surface area (Å²) < 4.78 is 0. The number of aromatic amines is 1. The number of aromatic nitrogens is 1. The summed E-state index contributed by atoms with van der Waals surface area (Å²) in [6, 6.07) is 12.2. The Hall–Kier alpha value is -2.30. The molecule has 27 heavy (non-hydrogen) atoms. The first-order chi connectivity index (χ1) is 13.1. The van der Waals surface area contributed by atoms with Crippen LogP contribution in [0.3, 0.4) is 0 Å². The zero-order valence-electron chi connectivity index (χ0n) is 15.3. The second-order valence-electron chi connectivity index (χ2n) is 7.22. The maximum Gasteiger partial charge on any atom is 0.337 e. The molecule has 0 atom stereocenters. The third-order valence-electron chi connectivity index (χ3n) is 5.73. The fourth-order valence-corrected chi connectivity index (χ4v) is 4.33. The van der Waals surface area contributed by atoms with Crippen LogP contribution in [0.5, 0.6) is 0 Å². The maximum absolute atomic E-state index is 11.4. The lowest BCUT2D eigenvalue weighted by Crippen LogP contribution is -2.32. The van der Waals surface area contributed by atoms with Crippen molar-refractivity contribution < 1.29 is 9.90 Å². The summed E-state index contributed by atoms with van der Waals surface area (Å²) in [5.41, 5.74) is 4.25. The molecule has 1 aromatic heterocycles. The van der Waals surface area contributed by atoms with E-state index in [2.05, 4.69) is 41.1 Å². The number of hydrogen-bond donors (Lipinski definition) is 2. The van der Waals surface area contributed by atoms with Crippen LogP contribution in [0.2, 0.25) is 5.02 Å². The van der Waals surface area contributed by atoms with E-state index in [1.54, 1.807) is 6.07 Å². The number of carboxylic acids is 1. The molecule has 0 amide bonds. The van der Waals surface area contributed by atoms with E-state index in [1.165, 1.54) is 24.6 Å². The Morgan fingerprint density at radius 1 is 1.22 bits per heavy atom. The SMILES string of the molecule is CCN1CCC(c2ccc(-c3cc4c(C(=O)O)c[nH]c4cc3Cl)cc2)CC1. The average Bonchev–Trinajstić information content (AvgIpc) is 3.10. The first kappa shape index (κ1) is 18.1. The summed E-state index contributed by atoms with van der Waals surface area (Å²) in [5, 5.41) is 10.7. The molecule has 4 nitrogen and oxygen atoms in total. The molecule has 1 saturated heterocycles. The molecule has 1 aliphatic heterocycles. The quantitative estimate of drug-likeness (QED) is 0.636. The molecule has 2 heterocycles. The van der Waals surface area contributed by atoms with Crippen LogP contribution in [0.1, 0.15) is 41.6 Å². The van der Waals surface area contributed by atoms with Crippen LogP contribution < -0.4 is 0 Å². The fourth-order valence-electron chi connectivity index (χ4n) is 4.06. The molecular weight excluding hydrogens is 360 g/mol. The van der Waals surface area contributed by atoms with Crippen molar-refractivity contribution in [2.75, 3.05) is 19.6 Å². The highest BCUT2D eigenvalue weighted by molar-refractivity contribution is 6.34. The van der Waals surface area contributed by atoms with Gasteiger partial charge in [0.15, 0.2) is 0 Å². The molecule has 2 N–H and O–H groups in total. The fraction of sp³-hybridized carbons (Fsp3) is 0.318. The minimum Gasteiger partial charge on any atom is -0.478 e. The van der Waals surface area contributed by atoms with Crippen molar-refractivity contribution in [1.29, 1.82) is 0 Å². The first-order valence-corrected chi connectivity index (χ1v) is 9.81.